The summed E-state index contributed by atoms with van der Waals surface area (Å²) in [6.07, 6.45) is 0.828. The number of nitrogens with one attached hydrogen (secondary N) is 1. The van der Waals surface area contributed by atoms with Crippen molar-refractivity contribution >= 4 is 0 Å². The van der Waals surface area contributed by atoms with Gasteiger partial charge in [-0.3, -0.25) is 0 Å². The minimum absolute atomic E-state index is 0.0187. The predicted octanol–water partition coefficient (Wildman–Crippen LogP) is 2.06. The van der Waals surface area contributed by atoms with Crippen molar-refractivity contribution in [3.63, 3.8) is 0 Å². The molecule has 1 aromatic carbocycles. The SMILES string of the molecule is COc1cc(C2CCNC2)c(F)c(OC)c1F. The van der Waals surface area contributed by atoms with Gasteiger partial charge in [0.1, 0.15) is 0 Å². The minimum atomic E-state index is -0.790. The summed E-state index contributed by atoms with van der Waals surface area (Å²) in [4.78, 5) is 0. The van der Waals surface area contributed by atoms with Crippen molar-refractivity contribution in [1.29, 1.82) is 0 Å². The van der Waals surface area contributed by atoms with Gasteiger partial charge in [-0.2, -0.15) is 4.39 Å². The van der Waals surface area contributed by atoms with Gasteiger partial charge in [-0.05, 0) is 24.6 Å². The molecule has 0 aliphatic carbocycles. The van der Waals surface area contributed by atoms with E-state index in [9.17, 15) is 8.78 Å². The highest BCUT2D eigenvalue weighted by molar-refractivity contribution is 5.43. The van der Waals surface area contributed by atoms with E-state index in [0.717, 1.165) is 13.0 Å². The van der Waals surface area contributed by atoms with Crippen LogP contribution in [0.1, 0.15) is 17.9 Å². The first-order chi connectivity index (χ1) is 8.19. The number of hydrogen-bond acceptors (Lipinski definition) is 3. The van der Waals surface area contributed by atoms with Gasteiger partial charge in [0.2, 0.25) is 5.82 Å². The molecule has 0 radical (unpaired) electrons. The third-order valence-corrected chi connectivity index (χ3v) is 3.08. The van der Waals surface area contributed by atoms with Crippen LogP contribution in [0.4, 0.5) is 8.78 Å². The third kappa shape index (κ3) is 2.07. The molecule has 1 aliphatic heterocycles. The van der Waals surface area contributed by atoms with Gasteiger partial charge in [0.05, 0.1) is 14.2 Å². The van der Waals surface area contributed by atoms with Gasteiger partial charge < -0.3 is 14.8 Å². The fourth-order valence-corrected chi connectivity index (χ4v) is 2.15. The van der Waals surface area contributed by atoms with Crippen LogP contribution in [0.25, 0.3) is 0 Å². The summed E-state index contributed by atoms with van der Waals surface area (Å²) in [5, 5.41) is 3.15. The topological polar surface area (TPSA) is 30.5 Å². The molecule has 3 nitrogen and oxygen atoms in total. The minimum Gasteiger partial charge on any atom is -0.494 e. The maximum atomic E-state index is 14.1. The number of halogens is 2. The standard InChI is InChI=1S/C12H15F2NO2/c1-16-9-5-8(7-3-4-15-6-7)10(13)12(17-2)11(9)14/h5,7,15H,3-4,6H2,1-2H3. The molecule has 5 heteroatoms. The summed E-state index contributed by atoms with van der Waals surface area (Å²) in [5.41, 5.74) is 0.449. The summed E-state index contributed by atoms with van der Waals surface area (Å²) in [7, 11) is 2.60. The summed E-state index contributed by atoms with van der Waals surface area (Å²) in [6.45, 7) is 1.53. The Morgan fingerprint density at radius 2 is 2.00 bits per heavy atom. The van der Waals surface area contributed by atoms with Crippen LogP contribution in [-0.2, 0) is 0 Å². The zero-order valence-corrected chi connectivity index (χ0v) is 9.85. The Hall–Kier alpha value is -1.36. The van der Waals surface area contributed by atoms with Crippen molar-refractivity contribution < 1.29 is 18.3 Å². The second kappa shape index (κ2) is 4.87. The van der Waals surface area contributed by atoms with E-state index in [4.69, 9.17) is 9.47 Å². The van der Waals surface area contributed by atoms with Crippen LogP contribution in [0.5, 0.6) is 11.5 Å². The first-order valence-electron chi connectivity index (χ1n) is 5.49. The molecular weight excluding hydrogens is 228 g/mol. The van der Waals surface area contributed by atoms with Crippen molar-refractivity contribution in [2.75, 3.05) is 27.3 Å². The average Bonchev–Trinajstić information content (AvgIpc) is 2.83. The molecule has 1 atom stereocenters. The Kier molecular flexibility index (Phi) is 3.47. The van der Waals surface area contributed by atoms with Gasteiger partial charge in [-0.25, -0.2) is 4.39 Å². The van der Waals surface area contributed by atoms with E-state index in [1.54, 1.807) is 0 Å². The fraction of sp³-hybridized carbons (Fsp3) is 0.500. The summed E-state index contributed by atoms with van der Waals surface area (Å²) in [5.74, 6) is -1.73. The molecule has 0 aromatic heterocycles. The number of rotatable bonds is 3. The van der Waals surface area contributed by atoms with E-state index >= 15 is 0 Å². The zero-order chi connectivity index (χ0) is 12.4. The van der Waals surface area contributed by atoms with E-state index in [2.05, 4.69) is 5.32 Å². The smallest absolute Gasteiger partial charge is 0.209 e. The largest absolute Gasteiger partial charge is 0.494 e. The van der Waals surface area contributed by atoms with Crippen molar-refractivity contribution in [2.24, 2.45) is 0 Å². The number of benzene rings is 1. The second-order valence-corrected chi connectivity index (χ2v) is 4.02. The zero-order valence-electron chi connectivity index (χ0n) is 9.85. The summed E-state index contributed by atoms with van der Waals surface area (Å²) < 4.78 is 37.4. The van der Waals surface area contributed by atoms with Crippen LogP contribution >= 0.6 is 0 Å². The fourth-order valence-electron chi connectivity index (χ4n) is 2.15. The molecule has 0 spiro atoms. The van der Waals surface area contributed by atoms with Crippen molar-refractivity contribution in [3.8, 4) is 11.5 Å². The number of ether oxygens (including phenoxy) is 2. The second-order valence-electron chi connectivity index (χ2n) is 4.02. The average molecular weight is 243 g/mol. The maximum absolute atomic E-state index is 14.1. The Morgan fingerprint density at radius 3 is 2.53 bits per heavy atom. The van der Waals surface area contributed by atoms with E-state index in [-0.39, 0.29) is 17.4 Å². The Morgan fingerprint density at radius 1 is 1.24 bits per heavy atom. The van der Waals surface area contributed by atoms with Crippen LogP contribution < -0.4 is 14.8 Å². The molecule has 1 aromatic rings. The Bertz CT molecular complexity index is 417. The molecule has 1 saturated heterocycles. The molecule has 17 heavy (non-hydrogen) atoms. The number of methoxy groups -OCH3 is 2. The first-order valence-corrected chi connectivity index (χ1v) is 5.49. The molecule has 1 N–H and O–H groups in total. The van der Waals surface area contributed by atoms with Crippen molar-refractivity contribution in [1.82, 2.24) is 5.32 Å². The van der Waals surface area contributed by atoms with Crippen LogP contribution in [0.2, 0.25) is 0 Å². The normalized spacial score (nSPS) is 19.4. The van der Waals surface area contributed by atoms with E-state index in [0.29, 0.717) is 12.1 Å². The highest BCUT2D eigenvalue weighted by atomic mass is 19.1. The molecule has 94 valence electrons. The lowest BCUT2D eigenvalue weighted by Crippen LogP contribution is -2.10. The molecule has 2 rings (SSSR count). The van der Waals surface area contributed by atoms with E-state index < -0.39 is 11.6 Å². The maximum Gasteiger partial charge on any atom is 0.209 e. The Labute approximate surface area is 98.7 Å². The van der Waals surface area contributed by atoms with Gasteiger partial charge in [0.15, 0.2) is 17.3 Å². The van der Waals surface area contributed by atoms with Crippen LogP contribution in [0.3, 0.4) is 0 Å². The molecule has 0 amide bonds. The molecule has 0 bridgehead atoms. The lowest BCUT2D eigenvalue weighted by atomic mass is 9.97. The van der Waals surface area contributed by atoms with Crippen LogP contribution in [0.15, 0.2) is 6.07 Å². The lowest BCUT2D eigenvalue weighted by molar-refractivity contribution is 0.330. The Balaban J connectivity index is 2.50. The van der Waals surface area contributed by atoms with Gasteiger partial charge in [0.25, 0.3) is 0 Å². The molecule has 1 unspecified atom stereocenters. The molecule has 1 fully saturated rings. The molecule has 1 aliphatic rings. The quantitative estimate of drug-likeness (QED) is 0.881. The van der Waals surface area contributed by atoms with Crippen molar-refractivity contribution in [3.05, 3.63) is 23.3 Å². The van der Waals surface area contributed by atoms with Gasteiger partial charge in [0, 0.05) is 12.5 Å². The highest BCUT2D eigenvalue weighted by Crippen LogP contribution is 2.37. The molecular formula is C12H15F2NO2. The monoisotopic (exact) mass is 243 g/mol. The lowest BCUT2D eigenvalue weighted by Gasteiger charge is -2.15. The van der Waals surface area contributed by atoms with Crippen LogP contribution in [-0.4, -0.2) is 27.3 Å². The molecule has 1 heterocycles. The molecule has 0 saturated carbocycles. The van der Waals surface area contributed by atoms with Crippen LogP contribution in [0, 0.1) is 11.6 Å². The summed E-state index contributed by atoms with van der Waals surface area (Å²) >= 11 is 0. The third-order valence-electron chi connectivity index (χ3n) is 3.08. The summed E-state index contributed by atoms with van der Waals surface area (Å²) in [6, 6.07) is 1.42. The van der Waals surface area contributed by atoms with Gasteiger partial charge >= 0.3 is 0 Å². The van der Waals surface area contributed by atoms with Gasteiger partial charge in [-0.15, -0.1) is 0 Å². The van der Waals surface area contributed by atoms with E-state index in [1.807, 2.05) is 0 Å². The highest BCUT2D eigenvalue weighted by Gasteiger charge is 2.26. The number of hydrogen-bond donors (Lipinski definition) is 1. The van der Waals surface area contributed by atoms with E-state index in [1.165, 1.54) is 20.3 Å². The van der Waals surface area contributed by atoms with Crippen molar-refractivity contribution in [2.45, 2.75) is 12.3 Å². The van der Waals surface area contributed by atoms with Gasteiger partial charge in [-0.1, -0.05) is 0 Å². The first kappa shape index (κ1) is 12.1. The predicted molar refractivity (Wildman–Crippen MR) is 59.7 cm³/mol.